The van der Waals surface area contributed by atoms with E-state index >= 15 is 0 Å². The summed E-state index contributed by atoms with van der Waals surface area (Å²) in [5.41, 5.74) is 4.31. The number of carbonyl (C=O) groups excluding carboxylic acids is 2. The lowest BCUT2D eigenvalue weighted by atomic mass is 9.95. The van der Waals surface area contributed by atoms with Gasteiger partial charge in [0.15, 0.2) is 29.2 Å². The molecule has 0 aliphatic carbocycles. The average Bonchev–Trinajstić information content (AvgIpc) is 2.92. The van der Waals surface area contributed by atoms with Crippen molar-refractivity contribution < 1.29 is 43.5 Å². The standard InChI is InChI=1S/C26H32N4O9/c1-6-38-18-11-16(23-22(25(33)37-5)14(2)28-26(34)29-23)7-8-17(18)39-13-21(31)30-27-12-15-9-19(35-3)24(32)20(10-15)36-4/h7-12,21,23,30-32H,6,13H2,1-5H3,(H2,28,29,34)/b27-12-/t21-,23-/m1/s1. The van der Waals surface area contributed by atoms with Crippen molar-refractivity contribution in [1.82, 2.24) is 16.1 Å². The molecule has 0 radical (unpaired) electrons. The summed E-state index contributed by atoms with van der Waals surface area (Å²) in [7, 11) is 4.09. The number of aromatic hydroxyl groups is 1. The highest BCUT2D eigenvalue weighted by Gasteiger charge is 2.32. The first kappa shape index (κ1) is 28.9. The molecule has 0 fully saturated rings. The zero-order valence-corrected chi connectivity index (χ0v) is 22.2. The van der Waals surface area contributed by atoms with Crippen LogP contribution in [0.25, 0.3) is 0 Å². The number of allylic oxidation sites excluding steroid dienone is 1. The molecule has 39 heavy (non-hydrogen) atoms. The molecule has 0 bridgehead atoms. The molecule has 2 aromatic carbocycles. The van der Waals surface area contributed by atoms with E-state index in [2.05, 4.69) is 21.2 Å². The fourth-order valence-electron chi connectivity index (χ4n) is 3.81. The Morgan fingerprint density at radius 3 is 2.41 bits per heavy atom. The summed E-state index contributed by atoms with van der Waals surface area (Å²) >= 11 is 0. The molecule has 13 heteroatoms. The maximum atomic E-state index is 12.4. The van der Waals surface area contributed by atoms with E-state index in [0.717, 1.165) is 0 Å². The molecule has 1 aliphatic rings. The lowest BCUT2D eigenvalue weighted by Crippen LogP contribution is -2.45. The van der Waals surface area contributed by atoms with Crippen molar-refractivity contribution in [2.45, 2.75) is 26.1 Å². The zero-order chi connectivity index (χ0) is 28.5. The number of methoxy groups -OCH3 is 3. The largest absolute Gasteiger partial charge is 0.502 e. The van der Waals surface area contributed by atoms with E-state index in [1.165, 1.54) is 27.5 Å². The smallest absolute Gasteiger partial charge is 0.337 e. The number of nitrogens with one attached hydrogen (secondary N) is 3. The van der Waals surface area contributed by atoms with Crippen LogP contribution in [0.1, 0.15) is 31.0 Å². The topological polar surface area (TPSA) is 169 Å². The molecule has 1 heterocycles. The number of phenols is 1. The number of hydrogen-bond acceptors (Lipinski definition) is 11. The third-order valence-corrected chi connectivity index (χ3v) is 5.61. The van der Waals surface area contributed by atoms with E-state index in [1.807, 2.05) is 0 Å². The number of aliphatic hydroxyl groups excluding tert-OH is 1. The fourth-order valence-corrected chi connectivity index (χ4v) is 3.81. The zero-order valence-electron chi connectivity index (χ0n) is 22.2. The second kappa shape index (κ2) is 13.2. The normalized spacial score (nSPS) is 15.7. The van der Waals surface area contributed by atoms with Gasteiger partial charge in [0.25, 0.3) is 0 Å². The van der Waals surface area contributed by atoms with Crippen molar-refractivity contribution >= 4 is 18.2 Å². The molecule has 2 amide bonds. The molecule has 2 aromatic rings. The molecule has 3 rings (SSSR count). The van der Waals surface area contributed by atoms with Crippen LogP contribution in [0, 0.1) is 0 Å². The summed E-state index contributed by atoms with van der Waals surface area (Å²) < 4.78 is 26.6. The van der Waals surface area contributed by atoms with E-state index in [0.29, 0.717) is 34.9 Å². The predicted molar refractivity (Wildman–Crippen MR) is 140 cm³/mol. The Kier molecular flexibility index (Phi) is 9.81. The molecule has 13 nitrogen and oxygen atoms in total. The number of hydrogen-bond donors (Lipinski definition) is 5. The lowest BCUT2D eigenvalue weighted by Gasteiger charge is -2.28. The molecule has 0 saturated carbocycles. The number of benzene rings is 2. The summed E-state index contributed by atoms with van der Waals surface area (Å²) in [5.74, 6) is 0.384. The first-order valence-corrected chi connectivity index (χ1v) is 11.9. The van der Waals surface area contributed by atoms with E-state index < -0.39 is 24.3 Å². The molecule has 210 valence electrons. The Morgan fingerprint density at radius 2 is 1.79 bits per heavy atom. The molecule has 0 saturated heterocycles. The van der Waals surface area contributed by atoms with Gasteiger partial charge in [-0.2, -0.15) is 5.10 Å². The highest BCUT2D eigenvalue weighted by molar-refractivity contribution is 5.95. The Morgan fingerprint density at radius 1 is 1.10 bits per heavy atom. The maximum absolute atomic E-state index is 12.4. The van der Waals surface area contributed by atoms with Gasteiger partial charge in [0, 0.05) is 11.3 Å². The number of amides is 2. The fraction of sp³-hybridized carbons (Fsp3) is 0.346. The number of urea groups is 1. The molecular formula is C26H32N4O9. The van der Waals surface area contributed by atoms with Crippen molar-refractivity contribution in [1.29, 1.82) is 0 Å². The predicted octanol–water partition coefficient (Wildman–Crippen LogP) is 1.93. The summed E-state index contributed by atoms with van der Waals surface area (Å²) in [5, 5.41) is 29.6. The second-order valence-electron chi connectivity index (χ2n) is 8.19. The number of aliphatic hydroxyl groups is 1. The number of carbonyl (C=O) groups is 2. The highest BCUT2D eigenvalue weighted by atomic mass is 16.5. The van der Waals surface area contributed by atoms with Crippen molar-refractivity contribution in [2.75, 3.05) is 34.5 Å². The van der Waals surface area contributed by atoms with Crippen LogP contribution in [-0.4, -0.2) is 69.2 Å². The monoisotopic (exact) mass is 544 g/mol. The minimum atomic E-state index is -1.18. The number of rotatable bonds is 12. The van der Waals surface area contributed by atoms with Gasteiger partial charge in [0.1, 0.15) is 6.61 Å². The van der Waals surface area contributed by atoms with E-state index in [4.69, 9.17) is 23.7 Å². The quantitative estimate of drug-likeness (QED) is 0.115. The van der Waals surface area contributed by atoms with Crippen LogP contribution in [0.2, 0.25) is 0 Å². The van der Waals surface area contributed by atoms with Gasteiger partial charge in [0.05, 0.1) is 45.8 Å². The van der Waals surface area contributed by atoms with Gasteiger partial charge in [-0.25, -0.2) is 9.59 Å². The van der Waals surface area contributed by atoms with Crippen molar-refractivity contribution in [3.05, 3.63) is 52.7 Å². The van der Waals surface area contributed by atoms with Crippen LogP contribution in [0.4, 0.5) is 4.79 Å². The minimum Gasteiger partial charge on any atom is -0.502 e. The first-order chi connectivity index (χ1) is 18.7. The summed E-state index contributed by atoms with van der Waals surface area (Å²) in [4.78, 5) is 24.5. The molecular weight excluding hydrogens is 512 g/mol. The molecule has 0 unspecified atom stereocenters. The average molecular weight is 545 g/mol. The number of hydrazone groups is 1. The highest BCUT2D eigenvalue weighted by Crippen LogP contribution is 2.37. The summed E-state index contributed by atoms with van der Waals surface area (Å²) in [6.07, 6.45) is 0.229. The number of ether oxygens (including phenoxy) is 5. The van der Waals surface area contributed by atoms with E-state index in [-0.39, 0.29) is 29.4 Å². The van der Waals surface area contributed by atoms with Crippen LogP contribution in [0.5, 0.6) is 28.7 Å². The van der Waals surface area contributed by atoms with Gasteiger partial charge in [-0.15, -0.1) is 0 Å². The van der Waals surface area contributed by atoms with Crippen molar-refractivity contribution in [2.24, 2.45) is 5.10 Å². The van der Waals surface area contributed by atoms with Gasteiger partial charge in [-0.1, -0.05) is 6.07 Å². The van der Waals surface area contributed by atoms with E-state index in [9.17, 15) is 19.8 Å². The number of nitrogens with zero attached hydrogens (tertiary/aromatic N) is 1. The summed E-state index contributed by atoms with van der Waals surface area (Å²) in [6, 6.07) is 6.82. The van der Waals surface area contributed by atoms with Gasteiger partial charge in [-0.05, 0) is 43.7 Å². The van der Waals surface area contributed by atoms with Crippen molar-refractivity contribution in [3.63, 3.8) is 0 Å². The van der Waals surface area contributed by atoms with Gasteiger partial charge in [0.2, 0.25) is 5.75 Å². The SMILES string of the molecule is CCOc1cc([C@H]2NC(=O)NC(C)=C2C(=O)OC)ccc1OC[C@@H](O)N/N=C\c1cc(OC)c(O)c(OC)c1. The Hall–Kier alpha value is -4.65. The number of phenolic OH excluding ortho intramolecular Hbond substituents is 1. The second-order valence-corrected chi connectivity index (χ2v) is 8.19. The minimum absolute atomic E-state index is 0.134. The lowest BCUT2D eigenvalue weighted by molar-refractivity contribution is -0.136. The summed E-state index contributed by atoms with van der Waals surface area (Å²) in [6.45, 7) is 3.55. The molecule has 0 spiro atoms. The number of esters is 1. The third-order valence-electron chi connectivity index (χ3n) is 5.61. The Labute approximate surface area is 225 Å². The van der Waals surface area contributed by atoms with Crippen LogP contribution in [0.15, 0.2) is 46.7 Å². The molecule has 5 N–H and O–H groups in total. The molecule has 2 atom stereocenters. The Bertz CT molecular complexity index is 1240. The maximum Gasteiger partial charge on any atom is 0.337 e. The van der Waals surface area contributed by atoms with Gasteiger partial charge < -0.3 is 44.5 Å². The van der Waals surface area contributed by atoms with Crippen LogP contribution >= 0.6 is 0 Å². The van der Waals surface area contributed by atoms with E-state index in [1.54, 1.807) is 44.2 Å². The van der Waals surface area contributed by atoms with Gasteiger partial charge in [-0.3, -0.25) is 5.43 Å². The van der Waals surface area contributed by atoms with Crippen molar-refractivity contribution in [3.8, 4) is 28.7 Å². The Balaban J connectivity index is 1.71. The molecule has 0 aromatic heterocycles. The first-order valence-electron chi connectivity index (χ1n) is 11.9. The van der Waals surface area contributed by atoms with Gasteiger partial charge >= 0.3 is 12.0 Å². The third kappa shape index (κ3) is 7.02. The molecule has 1 aliphatic heterocycles. The van der Waals surface area contributed by atoms with Crippen LogP contribution < -0.4 is 35.0 Å². The van der Waals surface area contributed by atoms with Crippen LogP contribution in [-0.2, 0) is 9.53 Å². The van der Waals surface area contributed by atoms with Crippen LogP contribution in [0.3, 0.4) is 0 Å².